The average Bonchev–Trinajstić information content (AvgIpc) is 2.88. The van der Waals surface area contributed by atoms with E-state index in [1.165, 1.54) is 0 Å². The second-order valence-corrected chi connectivity index (χ2v) is 10.5. The number of benzene rings is 3. The normalized spacial score (nSPS) is 12.2. The molecule has 0 bridgehead atoms. The highest BCUT2D eigenvalue weighted by atomic mass is 79.9. The molecule has 3 aromatic rings. The number of ketones is 1. The molecule has 0 aliphatic rings. The number of hydrogen-bond acceptors (Lipinski definition) is 5. The largest absolute Gasteiger partial charge is 0.487 e. The first kappa shape index (κ1) is 28.5. The summed E-state index contributed by atoms with van der Waals surface area (Å²) in [6.45, 7) is 7.62. The van der Waals surface area contributed by atoms with E-state index in [9.17, 15) is 9.59 Å². The van der Waals surface area contributed by atoms with E-state index in [0.29, 0.717) is 15.8 Å². The van der Waals surface area contributed by atoms with Gasteiger partial charge in [0.15, 0.2) is 5.78 Å². The van der Waals surface area contributed by atoms with Crippen LogP contribution >= 0.6 is 15.9 Å². The van der Waals surface area contributed by atoms with Crippen molar-refractivity contribution >= 4 is 27.7 Å². The Morgan fingerprint density at radius 3 is 2.24 bits per heavy atom. The monoisotopic (exact) mass is 569 g/mol. The Kier molecular flexibility index (Phi) is 9.62. The highest BCUT2D eigenvalue weighted by Gasteiger charge is 2.35. The molecule has 1 N–H and O–H groups in total. The number of para-hydroxylation sites is 1. The molecule has 3 rings (SSSR count). The Hall–Kier alpha value is -3.03. The zero-order valence-electron chi connectivity index (χ0n) is 21.9. The minimum absolute atomic E-state index is 0.0195. The zero-order chi connectivity index (χ0) is 27.2. The molecule has 0 aromatic heterocycles. The van der Waals surface area contributed by atoms with E-state index in [2.05, 4.69) is 21.2 Å². The Bertz CT molecular complexity index is 1250. The van der Waals surface area contributed by atoms with Crippen molar-refractivity contribution < 1.29 is 23.5 Å². The Morgan fingerprint density at radius 1 is 1.05 bits per heavy atom. The molecule has 3 aromatic carbocycles. The second kappa shape index (κ2) is 12.5. The minimum Gasteiger partial charge on any atom is -0.487 e. The molecule has 0 aliphatic carbocycles. The molecular weight excluding hydrogens is 537 g/mol. The molecular formula is C30H33BrFNO4. The fraction of sp³-hybridized carbons (Fsp3) is 0.333. The van der Waals surface area contributed by atoms with Crippen LogP contribution in [-0.4, -0.2) is 25.3 Å². The van der Waals surface area contributed by atoms with Crippen LogP contribution in [0.2, 0.25) is 0 Å². The zero-order valence-corrected chi connectivity index (χ0v) is 23.4. The third kappa shape index (κ3) is 6.65. The summed E-state index contributed by atoms with van der Waals surface area (Å²) in [4.78, 5) is 26.0. The summed E-state index contributed by atoms with van der Waals surface area (Å²) in [7, 11) is 1.72. The lowest BCUT2D eigenvalue weighted by Crippen LogP contribution is -2.38. The van der Waals surface area contributed by atoms with Crippen LogP contribution in [0.15, 0.2) is 65.1 Å². The first-order chi connectivity index (χ1) is 17.6. The smallest absolute Gasteiger partial charge is 0.347 e. The molecule has 1 unspecified atom stereocenters. The van der Waals surface area contributed by atoms with Gasteiger partial charge in [-0.3, -0.25) is 4.79 Å². The molecule has 5 nitrogen and oxygen atoms in total. The van der Waals surface area contributed by atoms with Crippen molar-refractivity contribution in [2.75, 3.05) is 13.6 Å². The van der Waals surface area contributed by atoms with E-state index in [1.807, 2.05) is 57.2 Å². The van der Waals surface area contributed by atoms with Crippen LogP contribution in [0.5, 0.6) is 11.5 Å². The molecule has 0 radical (unpaired) electrons. The third-order valence-corrected chi connectivity index (χ3v) is 7.68. The van der Waals surface area contributed by atoms with E-state index in [4.69, 9.17) is 9.47 Å². The quantitative estimate of drug-likeness (QED) is 0.206. The van der Waals surface area contributed by atoms with Crippen LogP contribution in [0.25, 0.3) is 0 Å². The van der Waals surface area contributed by atoms with E-state index in [1.54, 1.807) is 38.2 Å². The standard InChI is InChI=1S/C30H33BrFNO4/c1-19(30(3,4)24(34)17-33-5)16-23-26(31)28(36-18-21-12-8-6-9-13-21)25(20(2)27(23)32)29(35)37-22-14-10-7-11-15-22/h6-15,19,33H,16-18H2,1-5H3. The van der Waals surface area contributed by atoms with Crippen molar-refractivity contribution in [3.8, 4) is 11.5 Å². The predicted octanol–water partition coefficient (Wildman–Crippen LogP) is 6.69. The number of carbonyl (C=O) groups is 2. The molecule has 0 aliphatic heterocycles. The van der Waals surface area contributed by atoms with Crippen molar-refractivity contribution in [1.82, 2.24) is 5.32 Å². The van der Waals surface area contributed by atoms with Crippen LogP contribution < -0.4 is 14.8 Å². The number of nitrogens with one attached hydrogen (secondary N) is 1. The van der Waals surface area contributed by atoms with Crippen LogP contribution in [-0.2, 0) is 17.8 Å². The number of rotatable bonds is 11. The van der Waals surface area contributed by atoms with Gasteiger partial charge in [-0.15, -0.1) is 0 Å². The molecule has 0 heterocycles. The number of halogens is 2. The topological polar surface area (TPSA) is 64.6 Å². The van der Waals surface area contributed by atoms with E-state index >= 15 is 4.39 Å². The molecule has 0 saturated heterocycles. The minimum atomic E-state index is -0.713. The number of esters is 1. The maximum atomic E-state index is 15.9. The van der Waals surface area contributed by atoms with Gasteiger partial charge in [0, 0.05) is 16.5 Å². The van der Waals surface area contributed by atoms with E-state index < -0.39 is 17.2 Å². The number of ether oxygens (including phenoxy) is 2. The van der Waals surface area contributed by atoms with Crippen LogP contribution in [0.3, 0.4) is 0 Å². The van der Waals surface area contributed by atoms with Crippen LogP contribution in [0.4, 0.5) is 4.39 Å². The van der Waals surface area contributed by atoms with Gasteiger partial charge in [0.2, 0.25) is 0 Å². The Labute approximate surface area is 226 Å². The third-order valence-electron chi connectivity index (χ3n) is 6.84. The molecule has 196 valence electrons. The lowest BCUT2D eigenvalue weighted by Gasteiger charge is -2.31. The van der Waals surface area contributed by atoms with Crippen molar-refractivity contribution in [3.63, 3.8) is 0 Å². The molecule has 0 saturated carbocycles. The summed E-state index contributed by atoms with van der Waals surface area (Å²) in [5.74, 6) is -0.828. The number of likely N-dealkylation sites (N-methyl/N-ethyl adjacent to an activating group) is 1. The van der Waals surface area contributed by atoms with Gasteiger partial charge in [-0.05, 0) is 59.9 Å². The molecule has 0 spiro atoms. The summed E-state index contributed by atoms with van der Waals surface area (Å²) in [5, 5.41) is 2.90. The number of Topliss-reactive ketones (excluding diaryl/α,β-unsaturated/α-hetero) is 1. The Morgan fingerprint density at radius 2 is 1.65 bits per heavy atom. The Balaban J connectivity index is 2.05. The second-order valence-electron chi connectivity index (χ2n) is 9.69. The van der Waals surface area contributed by atoms with Crippen molar-refractivity contribution in [1.29, 1.82) is 0 Å². The summed E-state index contributed by atoms with van der Waals surface area (Å²) >= 11 is 3.54. The van der Waals surface area contributed by atoms with Gasteiger partial charge in [-0.25, -0.2) is 9.18 Å². The van der Waals surface area contributed by atoms with E-state index in [-0.39, 0.29) is 48.2 Å². The predicted molar refractivity (Wildman–Crippen MR) is 147 cm³/mol. The van der Waals surface area contributed by atoms with Crippen LogP contribution in [0, 0.1) is 24.1 Å². The van der Waals surface area contributed by atoms with Crippen molar-refractivity contribution in [3.05, 3.63) is 93.2 Å². The van der Waals surface area contributed by atoms with E-state index in [0.717, 1.165) is 5.56 Å². The maximum absolute atomic E-state index is 15.9. The van der Waals surface area contributed by atoms with Gasteiger partial charge in [0.05, 0.1) is 11.0 Å². The van der Waals surface area contributed by atoms with Gasteiger partial charge in [0.1, 0.15) is 29.5 Å². The van der Waals surface area contributed by atoms with Gasteiger partial charge in [0.25, 0.3) is 0 Å². The summed E-state index contributed by atoms with van der Waals surface area (Å²) < 4.78 is 27.9. The molecule has 7 heteroatoms. The van der Waals surface area contributed by atoms with Gasteiger partial charge in [-0.2, -0.15) is 0 Å². The summed E-state index contributed by atoms with van der Waals surface area (Å²) in [6, 6.07) is 18.1. The highest BCUT2D eigenvalue weighted by Crippen LogP contribution is 2.41. The van der Waals surface area contributed by atoms with Crippen molar-refractivity contribution in [2.24, 2.45) is 11.3 Å². The maximum Gasteiger partial charge on any atom is 0.347 e. The first-order valence-corrected chi connectivity index (χ1v) is 13.0. The van der Waals surface area contributed by atoms with Crippen molar-refractivity contribution in [2.45, 2.75) is 40.7 Å². The average molecular weight is 570 g/mol. The van der Waals surface area contributed by atoms with Gasteiger partial charge < -0.3 is 14.8 Å². The summed E-state index contributed by atoms with van der Waals surface area (Å²) in [5.41, 5.74) is 0.709. The van der Waals surface area contributed by atoms with Gasteiger partial charge in [-0.1, -0.05) is 69.3 Å². The van der Waals surface area contributed by atoms with Gasteiger partial charge >= 0.3 is 5.97 Å². The fourth-order valence-electron chi connectivity index (χ4n) is 4.01. The SMILES string of the molecule is CNCC(=O)C(C)(C)C(C)Cc1c(F)c(C)c(C(=O)Oc2ccccc2)c(OCc2ccccc2)c1Br. The first-order valence-electron chi connectivity index (χ1n) is 12.2. The molecule has 37 heavy (non-hydrogen) atoms. The lowest BCUT2D eigenvalue weighted by atomic mass is 9.73. The number of hydrogen-bond donors (Lipinski definition) is 1. The molecule has 0 amide bonds. The van der Waals surface area contributed by atoms with Crippen LogP contribution in [0.1, 0.15) is 47.8 Å². The molecule has 1 atom stereocenters. The summed E-state index contributed by atoms with van der Waals surface area (Å²) in [6.07, 6.45) is 0.269. The molecule has 0 fully saturated rings. The highest BCUT2D eigenvalue weighted by molar-refractivity contribution is 9.10. The number of carbonyl (C=O) groups excluding carboxylic acids is 2. The lowest BCUT2D eigenvalue weighted by molar-refractivity contribution is -0.128. The fourth-order valence-corrected chi connectivity index (χ4v) is 4.66.